The Bertz CT molecular complexity index is 854. The third kappa shape index (κ3) is 3.41. The fraction of sp³-hybridized carbons (Fsp3) is 0.556. The highest BCUT2D eigenvalue weighted by molar-refractivity contribution is 7.89. The summed E-state index contributed by atoms with van der Waals surface area (Å²) in [6, 6.07) is 6.17. The van der Waals surface area contributed by atoms with E-state index in [-0.39, 0.29) is 29.9 Å². The van der Waals surface area contributed by atoms with Crippen molar-refractivity contribution in [3.63, 3.8) is 0 Å². The molecule has 0 spiro atoms. The molecule has 0 unspecified atom stereocenters. The van der Waals surface area contributed by atoms with E-state index in [1.54, 1.807) is 23.1 Å². The van der Waals surface area contributed by atoms with Crippen LogP contribution in [0.4, 0.5) is 4.79 Å². The summed E-state index contributed by atoms with van der Waals surface area (Å²) < 4.78 is 26.0. The lowest BCUT2D eigenvalue weighted by atomic mass is 9.81. The maximum Gasteiger partial charge on any atom is 0.317 e. The van der Waals surface area contributed by atoms with Crippen LogP contribution < -0.4 is 5.32 Å². The summed E-state index contributed by atoms with van der Waals surface area (Å²) in [5.74, 6) is -0.843. The van der Waals surface area contributed by atoms with Gasteiger partial charge in [0.2, 0.25) is 10.0 Å². The van der Waals surface area contributed by atoms with Gasteiger partial charge < -0.3 is 15.3 Å². The maximum atomic E-state index is 12.6. The average molecular weight is 395 g/mol. The minimum absolute atomic E-state index is 0.0119. The van der Waals surface area contributed by atoms with Crippen LogP contribution in [0.3, 0.4) is 0 Å². The van der Waals surface area contributed by atoms with Gasteiger partial charge in [-0.15, -0.1) is 0 Å². The number of nitrogens with one attached hydrogen (secondary N) is 1. The van der Waals surface area contributed by atoms with Crippen molar-refractivity contribution in [1.82, 2.24) is 14.5 Å². The molecule has 3 rings (SSSR count). The molecule has 2 atom stereocenters. The first-order valence-corrected chi connectivity index (χ1v) is 10.4. The van der Waals surface area contributed by atoms with E-state index in [0.29, 0.717) is 18.5 Å². The Morgan fingerprint density at radius 3 is 2.67 bits per heavy atom. The van der Waals surface area contributed by atoms with Crippen molar-refractivity contribution in [3.05, 3.63) is 29.8 Å². The van der Waals surface area contributed by atoms with Gasteiger partial charge in [0.25, 0.3) is 0 Å². The van der Waals surface area contributed by atoms with E-state index in [4.69, 9.17) is 0 Å². The van der Waals surface area contributed by atoms with Crippen molar-refractivity contribution >= 4 is 22.0 Å². The van der Waals surface area contributed by atoms with Crippen LogP contribution in [-0.2, 0) is 21.4 Å². The van der Waals surface area contributed by atoms with Gasteiger partial charge in [-0.1, -0.05) is 24.6 Å². The minimum Gasteiger partial charge on any atom is -0.481 e. The molecule has 2 aliphatic rings. The second-order valence-electron chi connectivity index (χ2n) is 7.48. The number of carboxylic acid groups (broad SMARTS) is 1. The summed E-state index contributed by atoms with van der Waals surface area (Å²) in [6.45, 7) is 0.690. The number of nitrogens with zero attached hydrogens (tertiary/aromatic N) is 2. The molecule has 2 fully saturated rings. The normalized spacial score (nSPS) is 24.9. The molecule has 1 saturated carbocycles. The van der Waals surface area contributed by atoms with Crippen molar-refractivity contribution in [2.24, 2.45) is 11.3 Å². The number of aliphatic carboxylic acids is 1. The van der Waals surface area contributed by atoms with E-state index >= 15 is 0 Å². The lowest BCUT2D eigenvalue weighted by Gasteiger charge is -2.23. The number of likely N-dealkylation sites (tertiary alicyclic amines) is 1. The summed E-state index contributed by atoms with van der Waals surface area (Å²) in [4.78, 5) is 26.0. The number of hydrogen-bond donors (Lipinski definition) is 2. The van der Waals surface area contributed by atoms with E-state index in [1.807, 2.05) is 0 Å². The van der Waals surface area contributed by atoms with Gasteiger partial charge in [0.15, 0.2) is 0 Å². The molecule has 1 aliphatic heterocycles. The first-order valence-electron chi connectivity index (χ1n) is 8.95. The summed E-state index contributed by atoms with van der Waals surface area (Å²) >= 11 is 0. The Morgan fingerprint density at radius 1 is 1.33 bits per heavy atom. The van der Waals surface area contributed by atoms with Gasteiger partial charge in [0.1, 0.15) is 0 Å². The second-order valence-corrected chi connectivity index (χ2v) is 9.61. The van der Waals surface area contributed by atoms with E-state index in [0.717, 1.165) is 17.1 Å². The maximum absolute atomic E-state index is 12.6. The van der Waals surface area contributed by atoms with Crippen molar-refractivity contribution in [2.75, 3.05) is 27.2 Å². The topological polar surface area (TPSA) is 107 Å². The van der Waals surface area contributed by atoms with Crippen LogP contribution in [-0.4, -0.2) is 61.9 Å². The number of carboxylic acids is 1. The van der Waals surface area contributed by atoms with E-state index < -0.39 is 21.4 Å². The number of hydrogen-bond acceptors (Lipinski definition) is 4. The smallest absolute Gasteiger partial charge is 0.317 e. The van der Waals surface area contributed by atoms with Gasteiger partial charge in [-0.05, 0) is 30.4 Å². The molecule has 1 aromatic carbocycles. The van der Waals surface area contributed by atoms with Crippen molar-refractivity contribution in [3.8, 4) is 0 Å². The predicted octanol–water partition coefficient (Wildman–Crippen LogP) is 1.33. The zero-order valence-corrected chi connectivity index (χ0v) is 16.3. The van der Waals surface area contributed by atoms with Gasteiger partial charge in [-0.3, -0.25) is 4.79 Å². The number of carbonyl (C=O) groups is 2. The zero-order chi connectivity index (χ0) is 19.8. The first kappa shape index (κ1) is 19.6. The molecule has 1 aromatic rings. The quantitative estimate of drug-likeness (QED) is 0.782. The molecule has 27 heavy (non-hydrogen) atoms. The predicted molar refractivity (Wildman–Crippen MR) is 98.5 cm³/mol. The number of amides is 2. The molecule has 148 valence electrons. The highest BCUT2D eigenvalue weighted by Crippen LogP contribution is 2.48. The Kier molecular flexibility index (Phi) is 5.18. The van der Waals surface area contributed by atoms with E-state index in [9.17, 15) is 23.1 Å². The highest BCUT2D eigenvalue weighted by atomic mass is 32.2. The van der Waals surface area contributed by atoms with Crippen LogP contribution in [0.5, 0.6) is 0 Å². The SMILES string of the molecule is CN(C)S(=O)(=O)c1ccccc1CNC(=O)N1C[C@@H]2CCC[C@@]2(C(=O)O)C1. The number of sulfonamides is 1. The number of urea groups is 1. The van der Waals surface area contributed by atoms with Crippen LogP contribution in [0.25, 0.3) is 0 Å². The molecule has 1 aliphatic carbocycles. The number of fused-ring (bicyclic) bond motifs is 1. The molecule has 2 N–H and O–H groups in total. The van der Waals surface area contributed by atoms with Crippen molar-refractivity contribution < 1.29 is 23.1 Å². The molecule has 2 amide bonds. The molecule has 1 saturated heterocycles. The number of benzene rings is 1. The fourth-order valence-electron chi connectivity index (χ4n) is 4.17. The fourth-order valence-corrected chi connectivity index (χ4v) is 5.29. The molecular weight excluding hydrogens is 370 g/mol. The van der Waals surface area contributed by atoms with Gasteiger partial charge in [-0.2, -0.15) is 0 Å². The van der Waals surface area contributed by atoms with Crippen LogP contribution in [0.1, 0.15) is 24.8 Å². The zero-order valence-electron chi connectivity index (χ0n) is 15.5. The third-order valence-corrected chi connectivity index (χ3v) is 7.66. The van der Waals surface area contributed by atoms with Crippen molar-refractivity contribution in [2.45, 2.75) is 30.7 Å². The van der Waals surface area contributed by atoms with Crippen LogP contribution >= 0.6 is 0 Å². The standard InChI is InChI=1S/C18H25N3O5S/c1-20(2)27(25,26)15-8-4-3-6-13(15)10-19-17(24)21-11-14-7-5-9-18(14,12-21)16(22)23/h3-4,6,8,14H,5,7,9-12H2,1-2H3,(H,19,24)(H,22,23)/t14-,18+/m0/s1. The number of carbonyl (C=O) groups excluding carboxylic acids is 1. The molecule has 0 radical (unpaired) electrons. The lowest BCUT2D eigenvalue weighted by molar-refractivity contribution is -0.149. The minimum atomic E-state index is -3.62. The van der Waals surface area contributed by atoms with Gasteiger partial charge in [-0.25, -0.2) is 17.5 Å². The van der Waals surface area contributed by atoms with Crippen LogP contribution in [0.15, 0.2) is 29.2 Å². The average Bonchev–Trinajstić information content (AvgIpc) is 3.18. The van der Waals surface area contributed by atoms with Crippen LogP contribution in [0.2, 0.25) is 0 Å². The Morgan fingerprint density at radius 2 is 2.04 bits per heavy atom. The summed E-state index contributed by atoms with van der Waals surface area (Å²) in [5, 5.41) is 12.4. The second kappa shape index (κ2) is 7.12. The van der Waals surface area contributed by atoms with Gasteiger partial charge in [0, 0.05) is 33.7 Å². The Hall–Kier alpha value is -2.13. The molecular formula is C18H25N3O5S. The number of rotatable bonds is 5. The molecule has 8 nitrogen and oxygen atoms in total. The Balaban J connectivity index is 1.70. The molecule has 1 heterocycles. The van der Waals surface area contributed by atoms with E-state index in [2.05, 4.69) is 5.32 Å². The largest absolute Gasteiger partial charge is 0.481 e. The summed E-state index contributed by atoms with van der Waals surface area (Å²) in [5.41, 5.74) is -0.337. The molecule has 0 aromatic heterocycles. The Labute approximate surface area is 159 Å². The summed E-state index contributed by atoms with van der Waals surface area (Å²) in [6.07, 6.45) is 2.29. The van der Waals surface area contributed by atoms with Gasteiger partial charge in [0.05, 0.1) is 10.3 Å². The van der Waals surface area contributed by atoms with Crippen molar-refractivity contribution in [1.29, 1.82) is 0 Å². The van der Waals surface area contributed by atoms with E-state index in [1.165, 1.54) is 20.2 Å². The monoisotopic (exact) mass is 395 g/mol. The van der Waals surface area contributed by atoms with Crippen LogP contribution in [0, 0.1) is 11.3 Å². The van der Waals surface area contributed by atoms with Gasteiger partial charge >= 0.3 is 12.0 Å². The highest BCUT2D eigenvalue weighted by Gasteiger charge is 2.55. The lowest BCUT2D eigenvalue weighted by Crippen LogP contribution is -2.41. The third-order valence-electron chi connectivity index (χ3n) is 5.75. The molecule has 9 heteroatoms. The summed E-state index contributed by atoms with van der Waals surface area (Å²) in [7, 11) is -0.702. The first-order chi connectivity index (χ1) is 12.7. The molecule has 0 bridgehead atoms.